The van der Waals surface area contributed by atoms with Gasteiger partial charge in [-0.3, -0.25) is 0 Å². The van der Waals surface area contributed by atoms with Crippen LogP contribution in [0.3, 0.4) is 0 Å². The molecule has 1 N–H and O–H groups in total. The Morgan fingerprint density at radius 1 is 1.32 bits per heavy atom. The highest BCUT2D eigenvalue weighted by atomic mass is 35.5. The Bertz CT molecular complexity index is 423. The minimum Gasteiger partial charge on any atom is -0.372 e. The molecule has 0 fully saturated rings. The predicted molar refractivity (Wildman–Crippen MR) is 84.8 cm³/mol. The number of hydrogen-bond donors (Lipinski definition) is 1. The first-order valence-corrected chi connectivity index (χ1v) is 7.11. The Morgan fingerprint density at radius 2 is 1.95 bits per heavy atom. The molecular formula is C13H22Cl2N4. The van der Waals surface area contributed by atoms with Crippen LogP contribution in [0.15, 0.2) is 6.07 Å². The Morgan fingerprint density at radius 3 is 2.42 bits per heavy atom. The van der Waals surface area contributed by atoms with Crippen molar-refractivity contribution in [2.24, 2.45) is 0 Å². The summed E-state index contributed by atoms with van der Waals surface area (Å²) in [6.07, 6.45) is 0. The fraction of sp³-hybridized carbons (Fsp3) is 0.615. The van der Waals surface area contributed by atoms with Crippen LogP contribution in [-0.4, -0.2) is 50.2 Å². The average Bonchev–Trinajstić information content (AvgIpc) is 2.31. The summed E-state index contributed by atoms with van der Waals surface area (Å²) in [5, 5.41) is 4.10. The van der Waals surface area contributed by atoms with Crippen LogP contribution in [0, 0.1) is 0 Å². The molecule has 0 amide bonds. The normalized spacial score (nSPS) is 12.6. The number of likely N-dealkylation sites (N-methyl/N-ethyl adjacent to an activating group) is 2. The highest BCUT2D eigenvalue weighted by Gasteiger charge is 2.19. The van der Waals surface area contributed by atoms with Crippen molar-refractivity contribution in [3.63, 3.8) is 0 Å². The highest BCUT2D eigenvalue weighted by molar-refractivity contribution is 6.37. The van der Waals surface area contributed by atoms with E-state index in [9.17, 15) is 0 Å². The van der Waals surface area contributed by atoms with E-state index in [1.54, 1.807) is 13.1 Å². The van der Waals surface area contributed by atoms with Crippen molar-refractivity contribution in [1.82, 2.24) is 9.88 Å². The standard InChI is InChI=1S/C13H22Cl2N4/c1-6-19(9(2)8-18(4)5)13-11(15)7-10(14)12(16-3)17-13/h7,9H,6,8H2,1-5H3,(H,16,17). The third-order valence-electron chi connectivity index (χ3n) is 2.92. The molecule has 1 atom stereocenters. The molecule has 1 heterocycles. The van der Waals surface area contributed by atoms with Crippen LogP contribution >= 0.6 is 23.2 Å². The number of aromatic nitrogens is 1. The summed E-state index contributed by atoms with van der Waals surface area (Å²) in [5.41, 5.74) is 0. The van der Waals surface area contributed by atoms with Gasteiger partial charge in [0, 0.05) is 26.2 Å². The quantitative estimate of drug-likeness (QED) is 0.874. The van der Waals surface area contributed by atoms with Crippen molar-refractivity contribution >= 4 is 34.8 Å². The van der Waals surface area contributed by atoms with Gasteiger partial charge in [0.05, 0.1) is 10.0 Å². The number of nitrogens with zero attached hydrogens (tertiary/aromatic N) is 3. The summed E-state index contributed by atoms with van der Waals surface area (Å²) in [5.74, 6) is 1.42. The molecule has 1 aromatic rings. The molecule has 19 heavy (non-hydrogen) atoms. The Kier molecular flexibility index (Phi) is 6.17. The van der Waals surface area contributed by atoms with Crippen LogP contribution < -0.4 is 10.2 Å². The summed E-state index contributed by atoms with van der Waals surface area (Å²) < 4.78 is 0. The van der Waals surface area contributed by atoms with Crippen LogP contribution in [0.5, 0.6) is 0 Å². The molecule has 0 aliphatic carbocycles. The predicted octanol–water partition coefficient (Wildman–Crippen LogP) is 3.21. The van der Waals surface area contributed by atoms with E-state index in [0.717, 1.165) is 18.9 Å². The maximum absolute atomic E-state index is 6.28. The first-order valence-electron chi connectivity index (χ1n) is 6.35. The van der Waals surface area contributed by atoms with E-state index in [1.807, 2.05) is 0 Å². The molecule has 0 saturated heterocycles. The van der Waals surface area contributed by atoms with Crippen molar-refractivity contribution in [1.29, 1.82) is 0 Å². The third-order valence-corrected chi connectivity index (χ3v) is 3.49. The molecule has 0 radical (unpaired) electrons. The van der Waals surface area contributed by atoms with Crippen molar-refractivity contribution in [2.45, 2.75) is 19.9 Å². The Balaban J connectivity index is 3.10. The number of anilines is 2. The van der Waals surface area contributed by atoms with Crippen LogP contribution in [-0.2, 0) is 0 Å². The van der Waals surface area contributed by atoms with Gasteiger partial charge in [-0.25, -0.2) is 4.98 Å². The van der Waals surface area contributed by atoms with Crippen molar-refractivity contribution in [2.75, 3.05) is 44.4 Å². The second-order valence-corrected chi connectivity index (χ2v) is 5.59. The first-order chi connectivity index (χ1) is 8.90. The van der Waals surface area contributed by atoms with Gasteiger partial charge < -0.3 is 15.1 Å². The molecule has 0 spiro atoms. The van der Waals surface area contributed by atoms with Gasteiger partial charge in [-0.05, 0) is 34.0 Å². The number of halogens is 2. The summed E-state index contributed by atoms with van der Waals surface area (Å²) in [7, 11) is 5.91. The van der Waals surface area contributed by atoms with Gasteiger partial charge in [0.1, 0.15) is 11.6 Å². The molecule has 0 saturated carbocycles. The summed E-state index contributed by atoms with van der Waals surface area (Å²) in [6.45, 7) is 6.03. The fourth-order valence-electron chi connectivity index (χ4n) is 2.13. The van der Waals surface area contributed by atoms with Crippen LogP contribution in [0.1, 0.15) is 13.8 Å². The lowest BCUT2D eigenvalue weighted by Crippen LogP contribution is -2.40. The fourth-order valence-corrected chi connectivity index (χ4v) is 2.69. The van der Waals surface area contributed by atoms with E-state index in [0.29, 0.717) is 21.9 Å². The lowest BCUT2D eigenvalue weighted by molar-refractivity contribution is 0.372. The van der Waals surface area contributed by atoms with E-state index < -0.39 is 0 Å². The lowest BCUT2D eigenvalue weighted by Gasteiger charge is -2.32. The largest absolute Gasteiger partial charge is 0.372 e. The Labute approximate surface area is 125 Å². The Hall–Kier alpha value is -0.710. The van der Waals surface area contributed by atoms with Gasteiger partial charge >= 0.3 is 0 Å². The van der Waals surface area contributed by atoms with Gasteiger partial charge in [-0.2, -0.15) is 0 Å². The third kappa shape index (κ3) is 4.13. The molecule has 1 rings (SSSR count). The molecule has 108 valence electrons. The zero-order chi connectivity index (χ0) is 14.6. The SMILES string of the molecule is CCN(c1nc(NC)c(Cl)cc1Cl)C(C)CN(C)C. The van der Waals surface area contributed by atoms with Crippen LogP contribution in [0.4, 0.5) is 11.6 Å². The summed E-state index contributed by atoms with van der Waals surface area (Å²) in [6, 6.07) is 2.05. The molecule has 6 heteroatoms. The summed E-state index contributed by atoms with van der Waals surface area (Å²) in [4.78, 5) is 8.85. The minimum absolute atomic E-state index is 0.316. The molecule has 0 aromatic carbocycles. The second kappa shape index (κ2) is 7.17. The maximum Gasteiger partial charge on any atom is 0.150 e. The monoisotopic (exact) mass is 304 g/mol. The van der Waals surface area contributed by atoms with Gasteiger partial charge in [0.15, 0.2) is 0 Å². The van der Waals surface area contributed by atoms with Gasteiger partial charge in [-0.15, -0.1) is 0 Å². The first kappa shape index (κ1) is 16.3. The van der Waals surface area contributed by atoms with Crippen LogP contribution in [0.2, 0.25) is 10.0 Å². The zero-order valence-electron chi connectivity index (χ0n) is 12.2. The van der Waals surface area contributed by atoms with Gasteiger partial charge in [0.25, 0.3) is 0 Å². The summed E-state index contributed by atoms with van der Waals surface area (Å²) >= 11 is 12.4. The van der Waals surface area contributed by atoms with Crippen molar-refractivity contribution in [3.8, 4) is 0 Å². The molecule has 0 bridgehead atoms. The molecule has 0 aliphatic rings. The molecule has 1 unspecified atom stereocenters. The smallest absolute Gasteiger partial charge is 0.150 e. The number of hydrogen-bond acceptors (Lipinski definition) is 4. The average molecular weight is 305 g/mol. The van der Waals surface area contributed by atoms with Gasteiger partial charge in [-0.1, -0.05) is 23.2 Å². The molecule has 0 aliphatic heterocycles. The minimum atomic E-state index is 0.316. The van der Waals surface area contributed by atoms with Crippen molar-refractivity contribution in [3.05, 3.63) is 16.1 Å². The van der Waals surface area contributed by atoms with Crippen LogP contribution in [0.25, 0.3) is 0 Å². The molecular weight excluding hydrogens is 283 g/mol. The number of rotatable bonds is 6. The highest BCUT2D eigenvalue weighted by Crippen LogP contribution is 2.32. The van der Waals surface area contributed by atoms with E-state index in [2.05, 4.69) is 48.0 Å². The number of nitrogens with one attached hydrogen (secondary N) is 1. The van der Waals surface area contributed by atoms with E-state index in [1.165, 1.54) is 0 Å². The maximum atomic E-state index is 6.28. The van der Waals surface area contributed by atoms with Gasteiger partial charge in [0.2, 0.25) is 0 Å². The van der Waals surface area contributed by atoms with Crippen molar-refractivity contribution < 1.29 is 0 Å². The molecule has 4 nitrogen and oxygen atoms in total. The van der Waals surface area contributed by atoms with E-state index in [4.69, 9.17) is 23.2 Å². The molecule has 1 aromatic heterocycles. The van der Waals surface area contributed by atoms with E-state index >= 15 is 0 Å². The number of pyridine rings is 1. The zero-order valence-corrected chi connectivity index (χ0v) is 13.7. The van der Waals surface area contributed by atoms with E-state index in [-0.39, 0.29) is 0 Å². The topological polar surface area (TPSA) is 31.4 Å². The lowest BCUT2D eigenvalue weighted by atomic mass is 10.2. The second-order valence-electron chi connectivity index (χ2n) is 4.77.